The summed E-state index contributed by atoms with van der Waals surface area (Å²) >= 11 is 1.45. The number of rotatable bonds is 5. The highest BCUT2D eigenvalue weighted by Crippen LogP contribution is 2.38. The van der Waals surface area contributed by atoms with Crippen molar-refractivity contribution in [3.8, 4) is 0 Å². The fraction of sp³-hybridized carbons (Fsp3) is 0.667. The average Bonchev–Trinajstić information content (AvgIpc) is 3.00. The summed E-state index contributed by atoms with van der Waals surface area (Å²) in [4.78, 5) is 37.7. The molecule has 1 fully saturated rings. The van der Waals surface area contributed by atoms with Gasteiger partial charge in [-0.05, 0) is 49.5 Å². The fourth-order valence-corrected chi connectivity index (χ4v) is 5.59. The number of aryl methyl sites for hydroxylation is 1. The second kappa shape index (κ2) is 9.07. The van der Waals surface area contributed by atoms with Gasteiger partial charge in [-0.25, -0.2) is 4.79 Å². The van der Waals surface area contributed by atoms with Gasteiger partial charge < -0.3 is 15.4 Å². The Bertz CT molecular complexity index is 758. The van der Waals surface area contributed by atoms with Crippen LogP contribution in [0.2, 0.25) is 0 Å². The molecular weight excluding hydrogens is 376 g/mol. The highest BCUT2D eigenvalue weighted by Gasteiger charge is 2.30. The molecule has 1 heterocycles. The van der Waals surface area contributed by atoms with Crippen molar-refractivity contribution >= 4 is 34.1 Å². The molecule has 1 saturated carbocycles. The monoisotopic (exact) mass is 406 g/mol. The number of hydrogen-bond acceptors (Lipinski definition) is 5. The van der Waals surface area contributed by atoms with Gasteiger partial charge in [0.2, 0.25) is 5.91 Å². The Kier molecular flexibility index (Phi) is 6.75. The van der Waals surface area contributed by atoms with Crippen LogP contribution >= 0.6 is 11.3 Å². The molecule has 6 nitrogen and oxygen atoms in total. The fourth-order valence-electron chi connectivity index (χ4n) is 4.27. The van der Waals surface area contributed by atoms with Gasteiger partial charge in [-0.3, -0.25) is 9.59 Å². The summed E-state index contributed by atoms with van der Waals surface area (Å²) in [6.07, 6.45) is 7.09. The maximum Gasteiger partial charge on any atom is 0.341 e. The number of anilines is 1. The number of amides is 2. The number of ether oxygens (including phenoxy) is 1. The number of esters is 1. The Labute approximate surface area is 170 Å². The van der Waals surface area contributed by atoms with Crippen LogP contribution < -0.4 is 10.6 Å². The number of carbonyl (C=O) groups excluding carboxylic acids is 3. The van der Waals surface area contributed by atoms with Crippen LogP contribution in [0.15, 0.2) is 0 Å². The van der Waals surface area contributed by atoms with Crippen LogP contribution in [-0.2, 0) is 27.2 Å². The van der Waals surface area contributed by atoms with Gasteiger partial charge in [0.1, 0.15) is 5.00 Å². The number of thiophene rings is 1. The molecule has 1 aromatic heterocycles. The lowest BCUT2D eigenvalue weighted by Crippen LogP contribution is -2.45. The van der Waals surface area contributed by atoms with Gasteiger partial charge in [0.05, 0.1) is 5.56 Å². The molecule has 28 heavy (non-hydrogen) atoms. The Morgan fingerprint density at radius 1 is 1.11 bits per heavy atom. The molecule has 1 aromatic rings. The van der Waals surface area contributed by atoms with E-state index >= 15 is 0 Å². The second-order valence-corrected chi connectivity index (χ2v) is 9.22. The quantitative estimate of drug-likeness (QED) is 0.731. The molecule has 0 spiro atoms. The van der Waals surface area contributed by atoms with Gasteiger partial charge in [-0.15, -0.1) is 11.3 Å². The number of fused-ring (bicyclic) bond motifs is 1. The summed E-state index contributed by atoms with van der Waals surface area (Å²) in [6, 6.07) is 0.138. The number of hydrogen-bond donors (Lipinski definition) is 2. The van der Waals surface area contributed by atoms with Gasteiger partial charge in [-0.2, -0.15) is 0 Å². The Balaban J connectivity index is 1.63. The van der Waals surface area contributed by atoms with E-state index in [9.17, 15) is 14.4 Å². The molecule has 2 N–H and O–H groups in total. The van der Waals surface area contributed by atoms with Crippen molar-refractivity contribution in [1.82, 2.24) is 5.32 Å². The van der Waals surface area contributed by atoms with Gasteiger partial charge in [0.15, 0.2) is 6.61 Å². The third-order valence-electron chi connectivity index (χ3n) is 6.05. The minimum atomic E-state index is -0.525. The summed E-state index contributed by atoms with van der Waals surface area (Å²) in [5.41, 5.74) is 1.41. The molecule has 0 radical (unpaired) electrons. The average molecular weight is 407 g/mol. The van der Waals surface area contributed by atoms with Crippen LogP contribution in [0.3, 0.4) is 0 Å². The van der Waals surface area contributed by atoms with Crippen LogP contribution in [0, 0.1) is 11.8 Å². The van der Waals surface area contributed by atoms with E-state index in [4.69, 9.17) is 4.74 Å². The summed E-state index contributed by atoms with van der Waals surface area (Å²) in [5, 5.41) is 6.32. The maximum atomic E-state index is 12.7. The first-order valence-electron chi connectivity index (χ1n) is 10.3. The molecule has 0 unspecified atom stereocenters. The lowest BCUT2D eigenvalue weighted by molar-refractivity contribution is -0.125. The van der Waals surface area contributed by atoms with Crippen molar-refractivity contribution in [2.75, 3.05) is 11.9 Å². The molecule has 0 aromatic carbocycles. The molecular formula is C21H30N2O4S. The first-order chi connectivity index (χ1) is 13.4. The van der Waals surface area contributed by atoms with Crippen molar-refractivity contribution in [2.45, 2.75) is 71.8 Å². The SMILES string of the molecule is CC(=O)Nc1sc2c(c1C(=O)OCC(=O)N[C@H]1CCC[C@@H](C)[C@H]1C)CCCC2. The standard InChI is InChI=1S/C21H30N2O4S/c1-12-7-6-9-16(13(12)2)23-18(25)11-27-21(26)19-15-8-4-5-10-17(15)28-20(19)22-14(3)24/h12-13,16H,4-11H2,1-3H3,(H,22,24)(H,23,25)/t12-,13-,16+/m1/s1. The van der Waals surface area contributed by atoms with E-state index in [1.165, 1.54) is 24.7 Å². The van der Waals surface area contributed by atoms with Crippen molar-refractivity contribution in [3.05, 3.63) is 16.0 Å². The normalized spacial score (nSPS) is 24.2. The van der Waals surface area contributed by atoms with Crippen molar-refractivity contribution in [2.24, 2.45) is 11.8 Å². The smallest absolute Gasteiger partial charge is 0.341 e. The van der Waals surface area contributed by atoms with Crippen molar-refractivity contribution in [1.29, 1.82) is 0 Å². The molecule has 0 aliphatic heterocycles. The third-order valence-corrected chi connectivity index (χ3v) is 7.26. The summed E-state index contributed by atoms with van der Waals surface area (Å²) in [6.45, 7) is 5.51. The Hall–Kier alpha value is -1.89. The largest absolute Gasteiger partial charge is 0.452 e. The van der Waals surface area contributed by atoms with Gasteiger partial charge in [-0.1, -0.05) is 26.7 Å². The van der Waals surface area contributed by atoms with Crippen LogP contribution in [-0.4, -0.2) is 30.4 Å². The molecule has 2 aliphatic carbocycles. The molecule has 2 aliphatic rings. The van der Waals surface area contributed by atoms with Crippen LogP contribution in [0.25, 0.3) is 0 Å². The van der Waals surface area contributed by atoms with Crippen molar-refractivity contribution < 1.29 is 19.1 Å². The Morgan fingerprint density at radius 2 is 1.86 bits per heavy atom. The van der Waals surface area contributed by atoms with Gasteiger partial charge in [0, 0.05) is 17.8 Å². The van der Waals surface area contributed by atoms with E-state index < -0.39 is 5.97 Å². The van der Waals surface area contributed by atoms with Crippen LogP contribution in [0.4, 0.5) is 5.00 Å². The van der Waals surface area contributed by atoms with E-state index in [0.717, 1.165) is 49.0 Å². The minimum absolute atomic E-state index is 0.138. The molecule has 154 valence electrons. The molecule has 0 saturated heterocycles. The summed E-state index contributed by atoms with van der Waals surface area (Å²) in [5.74, 6) is 0.00133. The number of carbonyl (C=O) groups is 3. The van der Waals surface area contributed by atoms with E-state index in [1.54, 1.807) is 0 Å². The van der Waals surface area contributed by atoms with E-state index in [2.05, 4.69) is 24.5 Å². The highest BCUT2D eigenvalue weighted by molar-refractivity contribution is 7.17. The first kappa shape index (κ1) is 20.8. The predicted molar refractivity (Wildman–Crippen MR) is 110 cm³/mol. The van der Waals surface area contributed by atoms with Crippen LogP contribution in [0.5, 0.6) is 0 Å². The lowest BCUT2D eigenvalue weighted by atomic mass is 9.78. The van der Waals surface area contributed by atoms with Gasteiger partial charge in [0.25, 0.3) is 5.91 Å². The Morgan fingerprint density at radius 3 is 2.61 bits per heavy atom. The molecule has 0 bridgehead atoms. The van der Waals surface area contributed by atoms with Crippen LogP contribution in [0.1, 0.15) is 73.7 Å². The third kappa shape index (κ3) is 4.74. The molecule has 2 amide bonds. The van der Waals surface area contributed by atoms with Gasteiger partial charge >= 0.3 is 5.97 Å². The highest BCUT2D eigenvalue weighted by atomic mass is 32.1. The summed E-state index contributed by atoms with van der Waals surface area (Å²) in [7, 11) is 0. The predicted octanol–water partition coefficient (Wildman–Crippen LogP) is 3.68. The summed E-state index contributed by atoms with van der Waals surface area (Å²) < 4.78 is 5.34. The zero-order valence-electron chi connectivity index (χ0n) is 16.9. The first-order valence-corrected chi connectivity index (χ1v) is 11.1. The number of nitrogens with one attached hydrogen (secondary N) is 2. The van der Waals surface area contributed by atoms with E-state index in [1.807, 2.05) is 0 Å². The maximum absolute atomic E-state index is 12.7. The molecule has 7 heteroatoms. The zero-order chi connectivity index (χ0) is 20.3. The molecule has 3 atom stereocenters. The van der Waals surface area contributed by atoms with E-state index in [0.29, 0.717) is 22.4 Å². The zero-order valence-corrected chi connectivity index (χ0v) is 17.7. The second-order valence-electron chi connectivity index (χ2n) is 8.11. The van der Waals surface area contributed by atoms with E-state index in [-0.39, 0.29) is 24.5 Å². The topological polar surface area (TPSA) is 84.5 Å². The lowest BCUT2D eigenvalue weighted by Gasteiger charge is -2.34. The minimum Gasteiger partial charge on any atom is -0.452 e. The molecule has 3 rings (SSSR count). The van der Waals surface area contributed by atoms with Crippen molar-refractivity contribution in [3.63, 3.8) is 0 Å².